The molecule has 1 aliphatic heterocycles. The largest absolute Gasteiger partial charge is 0.496 e. The molecule has 0 radical (unpaired) electrons. The van der Waals surface area contributed by atoms with Gasteiger partial charge >= 0.3 is 0 Å². The molecule has 3 aromatic carbocycles. The van der Waals surface area contributed by atoms with E-state index in [-0.39, 0.29) is 5.91 Å². The third kappa shape index (κ3) is 3.66. The van der Waals surface area contributed by atoms with E-state index in [0.29, 0.717) is 38.0 Å². The summed E-state index contributed by atoms with van der Waals surface area (Å²) in [6.45, 7) is 0. The first-order valence-electron chi connectivity index (χ1n) is 9.64. The van der Waals surface area contributed by atoms with E-state index < -0.39 is 0 Å². The minimum absolute atomic E-state index is 0.272. The van der Waals surface area contributed by atoms with Gasteiger partial charge in [-0.05, 0) is 24.3 Å². The Hall–Kier alpha value is -3.19. The van der Waals surface area contributed by atoms with E-state index in [9.17, 15) is 4.79 Å². The number of para-hydroxylation sites is 1. The number of carbonyl (C=O) groups excluding carboxylic acids is 1. The number of anilines is 1. The van der Waals surface area contributed by atoms with Crippen molar-refractivity contribution in [1.82, 2.24) is 4.98 Å². The number of hydrogen-bond donors (Lipinski definition) is 0. The molecule has 1 aliphatic rings. The fourth-order valence-corrected chi connectivity index (χ4v) is 4.79. The van der Waals surface area contributed by atoms with Crippen LogP contribution in [0, 0.1) is 0 Å². The maximum absolute atomic E-state index is 13.5. The van der Waals surface area contributed by atoms with Crippen LogP contribution in [0.5, 0.6) is 5.75 Å². The van der Waals surface area contributed by atoms with Gasteiger partial charge in [-0.1, -0.05) is 83.1 Å². The Kier molecular flexibility index (Phi) is 5.43. The van der Waals surface area contributed by atoms with Crippen molar-refractivity contribution in [2.45, 2.75) is 0 Å². The Morgan fingerprint density at radius 3 is 2.50 bits per heavy atom. The summed E-state index contributed by atoms with van der Waals surface area (Å²) in [7, 11) is 1.59. The molecule has 4 aromatic rings. The van der Waals surface area contributed by atoms with Crippen LogP contribution in [0.3, 0.4) is 0 Å². The molecule has 32 heavy (non-hydrogen) atoms. The Labute approximate surface area is 198 Å². The lowest BCUT2D eigenvalue weighted by atomic mass is 10.1. The molecule has 2 heterocycles. The van der Waals surface area contributed by atoms with Crippen LogP contribution >= 0.6 is 34.5 Å². The number of methoxy groups -OCH3 is 1. The van der Waals surface area contributed by atoms with Gasteiger partial charge in [0.2, 0.25) is 0 Å². The van der Waals surface area contributed by atoms with E-state index >= 15 is 0 Å². The zero-order valence-corrected chi connectivity index (χ0v) is 19.1. The molecule has 0 spiro atoms. The van der Waals surface area contributed by atoms with Crippen LogP contribution in [0.1, 0.15) is 11.1 Å². The molecule has 0 saturated carbocycles. The number of halogens is 2. The third-order valence-electron chi connectivity index (χ3n) is 4.93. The second kappa shape index (κ2) is 8.39. The van der Waals surface area contributed by atoms with Crippen LogP contribution in [-0.2, 0) is 4.79 Å². The summed E-state index contributed by atoms with van der Waals surface area (Å²) in [5, 5.41) is 1.35. The van der Waals surface area contributed by atoms with Gasteiger partial charge in [-0.25, -0.2) is 14.9 Å². The standard InChI is InChI=1S/C24H15Cl2N3O2S/c1-31-20-10-6-5-9-15(20)11-19-23(30)29(22(27-19)14-7-3-2-4-8-14)24-28-18-12-16(25)17(26)13-21(18)32-24/h2-13H,1H3. The maximum Gasteiger partial charge on any atom is 0.284 e. The maximum atomic E-state index is 13.5. The highest BCUT2D eigenvalue weighted by Gasteiger charge is 2.34. The van der Waals surface area contributed by atoms with Crippen molar-refractivity contribution in [3.05, 3.63) is 93.6 Å². The number of benzene rings is 3. The molecule has 1 amide bonds. The van der Waals surface area contributed by atoms with E-state index in [1.807, 2.05) is 54.6 Å². The highest BCUT2D eigenvalue weighted by atomic mass is 35.5. The summed E-state index contributed by atoms with van der Waals surface area (Å²) in [5.74, 6) is 0.894. The van der Waals surface area contributed by atoms with E-state index in [4.69, 9.17) is 27.9 Å². The highest BCUT2D eigenvalue weighted by molar-refractivity contribution is 7.22. The minimum atomic E-state index is -0.272. The number of thiazole rings is 1. The summed E-state index contributed by atoms with van der Waals surface area (Å²) < 4.78 is 6.25. The fourth-order valence-electron chi connectivity index (χ4n) is 3.42. The molecule has 0 bridgehead atoms. The van der Waals surface area contributed by atoms with Crippen molar-refractivity contribution < 1.29 is 9.53 Å². The molecule has 0 saturated heterocycles. The lowest BCUT2D eigenvalue weighted by Gasteiger charge is -2.14. The minimum Gasteiger partial charge on any atom is -0.496 e. The van der Waals surface area contributed by atoms with Gasteiger partial charge in [-0.3, -0.25) is 4.79 Å². The zero-order chi connectivity index (χ0) is 22.2. The fraction of sp³-hybridized carbons (Fsp3) is 0.0417. The molecule has 1 aromatic heterocycles. The Morgan fingerprint density at radius 2 is 1.72 bits per heavy atom. The van der Waals surface area contributed by atoms with Crippen LogP contribution in [0.4, 0.5) is 5.13 Å². The number of carbonyl (C=O) groups is 1. The van der Waals surface area contributed by atoms with Gasteiger partial charge in [0.05, 0.1) is 27.4 Å². The summed E-state index contributed by atoms with van der Waals surface area (Å²) in [5.41, 5.74) is 2.53. The van der Waals surface area contributed by atoms with Crippen LogP contribution < -0.4 is 9.64 Å². The molecule has 0 N–H and O–H groups in total. The predicted molar refractivity (Wildman–Crippen MR) is 131 cm³/mol. The SMILES string of the molecule is COc1ccccc1C=C1N=C(c2ccccc2)N(c2nc3cc(Cl)c(Cl)cc3s2)C1=O. The van der Waals surface area contributed by atoms with Gasteiger partial charge in [-0.2, -0.15) is 0 Å². The number of aliphatic imine (C=N–C) groups is 1. The molecule has 0 unspecified atom stereocenters. The zero-order valence-electron chi connectivity index (χ0n) is 16.8. The van der Waals surface area contributed by atoms with Crippen LogP contribution in [0.25, 0.3) is 16.3 Å². The van der Waals surface area contributed by atoms with Gasteiger partial charge < -0.3 is 4.74 Å². The van der Waals surface area contributed by atoms with Crippen molar-refractivity contribution in [2.75, 3.05) is 12.0 Å². The van der Waals surface area contributed by atoms with Gasteiger partial charge in [0.15, 0.2) is 5.13 Å². The number of fused-ring (bicyclic) bond motifs is 1. The molecule has 0 fully saturated rings. The molecule has 5 nitrogen and oxygen atoms in total. The van der Waals surface area contributed by atoms with Crippen molar-refractivity contribution in [3.63, 3.8) is 0 Å². The Balaban J connectivity index is 1.65. The quantitative estimate of drug-likeness (QED) is 0.316. The van der Waals surface area contributed by atoms with Gasteiger partial charge in [0.1, 0.15) is 17.3 Å². The van der Waals surface area contributed by atoms with E-state index in [0.717, 1.165) is 15.8 Å². The molecular weight excluding hydrogens is 465 g/mol. The van der Waals surface area contributed by atoms with Crippen molar-refractivity contribution in [2.24, 2.45) is 4.99 Å². The molecule has 0 aliphatic carbocycles. The van der Waals surface area contributed by atoms with E-state index in [2.05, 4.69) is 9.98 Å². The number of ether oxygens (including phenoxy) is 1. The first-order chi connectivity index (χ1) is 15.5. The second-order valence-corrected chi connectivity index (χ2v) is 8.77. The highest BCUT2D eigenvalue weighted by Crippen LogP contribution is 2.37. The number of aromatic nitrogens is 1. The summed E-state index contributed by atoms with van der Waals surface area (Å²) in [6, 6.07) is 20.5. The second-order valence-electron chi connectivity index (χ2n) is 6.94. The number of hydrogen-bond acceptors (Lipinski definition) is 5. The average molecular weight is 480 g/mol. The van der Waals surface area contributed by atoms with E-state index in [1.165, 1.54) is 16.2 Å². The molecule has 158 valence electrons. The lowest BCUT2D eigenvalue weighted by Crippen LogP contribution is -2.32. The molecule has 5 rings (SSSR count). The average Bonchev–Trinajstić information content (AvgIpc) is 3.35. The number of nitrogens with zero attached hydrogens (tertiary/aromatic N) is 3. The third-order valence-corrected chi connectivity index (χ3v) is 6.66. The van der Waals surface area contributed by atoms with Gasteiger partial charge in [0.25, 0.3) is 5.91 Å². The van der Waals surface area contributed by atoms with E-state index in [1.54, 1.807) is 25.3 Å². The number of amides is 1. The number of rotatable bonds is 4. The topological polar surface area (TPSA) is 54.8 Å². The van der Waals surface area contributed by atoms with Crippen molar-refractivity contribution in [1.29, 1.82) is 0 Å². The Bertz CT molecular complexity index is 1370. The summed E-state index contributed by atoms with van der Waals surface area (Å²) >= 11 is 13.7. The number of amidine groups is 1. The van der Waals surface area contributed by atoms with Crippen molar-refractivity contribution >= 4 is 67.7 Å². The van der Waals surface area contributed by atoms with Crippen LogP contribution in [-0.4, -0.2) is 23.8 Å². The van der Waals surface area contributed by atoms with Crippen LogP contribution in [0.2, 0.25) is 10.0 Å². The monoisotopic (exact) mass is 479 g/mol. The first-order valence-corrected chi connectivity index (χ1v) is 11.2. The smallest absolute Gasteiger partial charge is 0.284 e. The van der Waals surface area contributed by atoms with Gasteiger partial charge in [-0.15, -0.1) is 0 Å². The van der Waals surface area contributed by atoms with Gasteiger partial charge in [0, 0.05) is 11.1 Å². The summed E-state index contributed by atoms with van der Waals surface area (Å²) in [4.78, 5) is 24.4. The normalized spacial score (nSPS) is 15.0. The van der Waals surface area contributed by atoms with Crippen molar-refractivity contribution in [3.8, 4) is 5.75 Å². The molecular formula is C24H15Cl2N3O2S. The first kappa shape index (κ1) is 20.7. The summed E-state index contributed by atoms with van der Waals surface area (Å²) in [6.07, 6.45) is 1.73. The molecule has 0 atom stereocenters. The lowest BCUT2D eigenvalue weighted by molar-refractivity contribution is -0.113. The van der Waals surface area contributed by atoms with Crippen LogP contribution in [0.15, 0.2) is 77.4 Å². The Morgan fingerprint density at radius 1 is 1.00 bits per heavy atom. The predicted octanol–water partition coefficient (Wildman–Crippen LogP) is 6.45. The molecule has 8 heteroatoms.